The maximum atomic E-state index is 12.5. The van der Waals surface area contributed by atoms with Gasteiger partial charge in [0.05, 0.1) is 21.0 Å². The van der Waals surface area contributed by atoms with E-state index in [0.29, 0.717) is 34.9 Å². The molecule has 8 heteroatoms. The van der Waals surface area contributed by atoms with Crippen molar-refractivity contribution in [3.05, 3.63) is 69.2 Å². The van der Waals surface area contributed by atoms with Gasteiger partial charge in [-0.15, -0.1) is 0 Å². The molecular weight excluding hydrogens is 533 g/mol. The standard InChI is InChI=1S/C28H35Cl2NO3S2/c1-36-17-5-16-28(14-4-15-28)27(35)31-23(26(33)34)18-20-12-10-19(11-13-20)6-2-9-24(32)25-21(29)7-3-8-22(25)30/h3,7-8,10-13,23,27,31,35H,2,4-6,9,14-18H2,1H3,(H,33,34). The van der Waals surface area contributed by atoms with Crippen molar-refractivity contribution in [1.29, 1.82) is 0 Å². The number of hydrogen-bond donors (Lipinski definition) is 3. The maximum absolute atomic E-state index is 12.5. The third-order valence-electron chi connectivity index (χ3n) is 7.18. The summed E-state index contributed by atoms with van der Waals surface area (Å²) >= 11 is 19.0. The molecule has 0 saturated heterocycles. The van der Waals surface area contributed by atoms with Crippen LogP contribution in [0.2, 0.25) is 10.0 Å². The van der Waals surface area contributed by atoms with Crippen LogP contribution in [0.4, 0.5) is 0 Å². The first-order valence-electron chi connectivity index (χ1n) is 12.5. The van der Waals surface area contributed by atoms with Crippen LogP contribution in [0.5, 0.6) is 0 Å². The zero-order chi connectivity index (χ0) is 26.1. The number of ketones is 1. The van der Waals surface area contributed by atoms with E-state index in [0.717, 1.165) is 49.0 Å². The van der Waals surface area contributed by atoms with E-state index in [1.165, 1.54) is 6.42 Å². The minimum Gasteiger partial charge on any atom is -0.480 e. The largest absolute Gasteiger partial charge is 0.480 e. The van der Waals surface area contributed by atoms with E-state index in [9.17, 15) is 14.7 Å². The van der Waals surface area contributed by atoms with Crippen molar-refractivity contribution in [2.75, 3.05) is 12.0 Å². The molecule has 0 aromatic heterocycles. The summed E-state index contributed by atoms with van der Waals surface area (Å²) in [4.78, 5) is 24.6. The van der Waals surface area contributed by atoms with Crippen molar-refractivity contribution in [2.24, 2.45) is 5.41 Å². The number of aliphatic carboxylic acids is 1. The van der Waals surface area contributed by atoms with Gasteiger partial charge in [0, 0.05) is 6.42 Å². The molecule has 2 aromatic carbocycles. The smallest absolute Gasteiger partial charge is 0.321 e. The van der Waals surface area contributed by atoms with Gasteiger partial charge in [0.2, 0.25) is 0 Å². The molecule has 0 spiro atoms. The molecule has 1 aliphatic rings. The Hall–Kier alpha value is -1.18. The average Bonchev–Trinajstić information content (AvgIpc) is 2.81. The molecule has 0 aliphatic heterocycles. The third-order valence-corrected chi connectivity index (χ3v) is 9.21. The maximum Gasteiger partial charge on any atom is 0.321 e. The van der Waals surface area contributed by atoms with E-state index in [1.54, 1.807) is 18.2 Å². The number of carboxylic acid groups (broad SMARTS) is 1. The van der Waals surface area contributed by atoms with Crippen LogP contribution >= 0.6 is 47.6 Å². The first-order valence-corrected chi connectivity index (χ1v) is 15.1. The van der Waals surface area contributed by atoms with Crippen LogP contribution < -0.4 is 5.32 Å². The molecule has 0 bridgehead atoms. The number of rotatable bonds is 15. The number of Topliss-reactive ketones (excluding diaryl/α,β-unsaturated/α-hetero) is 1. The lowest BCUT2D eigenvalue weighted by Gasteiger charge is -2.47. The minimum atomic E-state index is -0.853. The molecule has 2 N–H and O–H groups in total. The Morgan fingerprint density at radius 2 is 1.72 bits per heavy atom. The average molecular weight is 569 g/mol. The number of thioether (sulfide) groups is 1. The second kappa shape index (κ2) is 14.1. The minimum absolute atomic E-state index is 0.0587. The summed E-state index contributed by atoms with van der Waals surface area (Å²) < 4.78 is 0. The summed E-state index contributed by atoms with van der Waals surface area (Å²) in [6, 6.07) is 12.4. The molecule has 0 radical (unpaired) electrons. The van der Waals surface area contributed by atoms with Crippen LogP contribution in [0.3, 0.4) is 0 Å². The lowest BCUT2D eigenvalue weighted by Crippen LogP contribution is -2.52. The number of carbonyl (C=O) groups excluding carboxylic acids is 1. The number of hydrogen-bond acceptors (Lipinski definition) is 5. The first-order chi connectivity index (χ1) is 17.3. The zero-order valence-electron chi connectivity index (χ0n) is 20.6. The van der Waals surface area contributed by atoms with Gasteiger partial charge >= 0.3 is 5.97 Å². The highest BCUT2D eigenvalue weighted by molar-refractivity contribution is 7.98. The predicted octanol–water partition coefficient (Wildman–Crippen LogP) is 7.35. The first kappa shape index (κ1) is 29.4. The monoisotopic (exact) mass is 567 g/mol. The highest BCUT2D eigenvalue weighted by Crippen LogP contribution is 2.49. The Morgan fingerprint density at radius 1 is 1.08 bits per heavy atom. The van der Waals surface area contributed by atoms with Crippen LogP contribution in [0, 0.1) is 5.41 Å². The summed E-state index contributed by atoms with van der Waals surface area (Å²) in [5.41, 5.74) is 2.55. The number of thiol groups is 1. The summed E-state index contributed by atoms with van der Waals surface area (Å²) in [5, 5.41) is 13.8. The van der Waals surface area contributed by atoms with Crippen molar-refractivity contribution >= 4 is 59.3 Å². The van der Waals surface area contributed by atoms with Gasteiger partial charge in [-0.1, -0.05) is 60.0 Å². The van der Waals surface area contributed by atoms with Crippen molar-refractivity contribution in [2.45, 2.75) is 69.2 Å². The molecule has 2 aromatic rings. The summed E-state index contributed by atoms with van der Waals surface area (Å²) in [6.07, 6.45) is 9.92. The summed E-state index contributed by atoms with van der Waals surface area (Å²) in [7, 11) is 0. The summed E-state index contributed by atoms with van der Waals surface area (Å²) in [6.45, 7) is 0. The molecule has 3 rings (SSSR count). The van der Waals surface area contributed by atoms with Crippen LogP contribution in [0.15, 0.2) is 42.5 Å². The van der Waals surface area contributed by atoms with Gasteiger partial charge in [0.25, 0.3) is 0 Å². The Kier molecular flexibility index (Phi) is 11.5. The number of halogens is 2. The number of benzene rings is 2. The van der Waals surface area contributed by atoms with Gasteiger partial charge in [-0.2, -0.15) is 24.4 Å². The van der Waals surface area contributed by atoms with E-state index in [4.69, 9.17) is 35.8 Å². The Labute approximate surface area is 234 Å². The van der Waals surface area contributed by atoms with E-state index in [2.05, 4.69) is 11.6 Å². The van der Waals surface area contributed by atoms with Crippen molar-refractivity contribution in [3.8, 4) is 0 Å². The molecule has 2 unspecified atom stereocenters. The SMILES string of the molecule is CSCCCC1(C(S)NC(Cc2ccc(CCCC(=O)c3c(Cl)cccc3Cl)cc2)C(=O)O)CCC1. The van der Waals surface area contributed by atoms with Crippen LogP contribution in [0.25, 0.3) is 0 Å². The Bertz CT molecular complexity index is 1010. The fourth-order valence-corrected chi connectivity index (χ4v) is 6.47. The van der Waals surface area contributed by atoms with Crippen molar-refractivity contribution in [3.63, 3.8) is 0 Å². The molecule has 4 nitrogen and oxygen atoms in total. The molecule has 1 fully saturated rings. The zero-order valence-corrected chi connectivity index (χ0v) is 23.9. The van der Waals surface area contributed by atoms with E-state index >= 15 is 0 Å². The quantitative estimate of drug-likeness (QED) is 0.0907. The van der Waals surface area contributed by atoms with Gasteiger partial charge in [-0.3, -0.25) is 14.9 Å². The topological polar surface area (TPSA) is 66.4 Å². The predicted molar refractivity (Wildman–Crippen MR) is 155 cm³/mol. The lowest BCUT2D eigenvalue weighted by atomic mass is 9.65. The highest BCUT2D eigenvalue weighted by Gasteiger charge is 2.43. The van der Waals surface area contributed by atoms with Gasteiger partial charge in [-0.05, 0) is 85.6 Å². The fraction of sp³-hybridized carbons (Fsp3) is 0.500. The van der Waals surface area contributed by atoms with Crippen molar-refractivity contribution < 1.29 is 14.7 Å². The molecular formula is C28H35Cl2NO3S2. The van der Waals surface area contributed by atoms with Crippen molar-refractivity contribution in [1.82, 2.24) is 5.32 Å². The second-order valence-corrected chi connectivity index (χ2v) is 12.0. The van der Waals surface area contributed by atoms with E-state index < -0.39 is 12.0 Å². The Morgan fingerprint density at radius 3 is 2.28 bits per heavy atom. The molecule has 0 amide bonds. The molecule has 196 valence electrons. The van der Waals surface area contributed by atoms with Gasteiger partial charge < -0.3 is 5.11 Å². The summed E-state index contributed by atoms with van der Waals surface area (Å²) in [5.74, 6) is 0.212. The molecule has 1 aliphatic carbocycles. The fourth-order valence-electron chi connectivity index (χ4n) is 4.86. The molecule has 2 atom stereocenters. The number of carbonyl (C=O) groups is 2. The van der Waals surface area contributed by atoms with E-state index in [-0.39, 0.29) is 16.6 Å². The number of carboxylic acids is 1. The number of nitrogens with one attached hydrogen (secondary N) is 1. The highest BCUT2D eigenvalue weighted by atomic mass is 35.5. The van der Waals surface area contributed by atoms with Gasteiger partial charge in [-0.25, -0.2) is 0 Å². The lowest BCUT2D eigenvalue weighted by molar-refractivity contribution is -0.139. The molecule has 1 saturated carbocycles. The normalized spacial score (nSPS) is 16.2. The second-order valence-electron chi connectivity index (χ2n) is 9.67. The van der Waals surface area contributed by atoms with Gasteiger partial charge in [0.1, 0.15) is 6.04 Å². The van der Waals surface area contributed by atoms with Gasteiger partial charge in [0.15, 0.2) is 5.78 Å². The Balaban J connectivity index is 1.52. The number of aryl methyl sites for hydroxylation is 1. The van der Waals surface area contributed by atoms with Crippen LogP contribution in [0.1, 0.15) is 66.4 Å². The third kappa shape index (κ3) is 7.91. The van der Waals surface area contributed by atoms with Crippen LogP contribution in [-0.4, -0.2) is 40.3 Å². The van der Waals surface area contributed by atoms with Crippen LogP contribution in [-0.2, 0) is 17.6 Å². The van der Waals surface area contributed by atoms with E-state index in [1.807, 2.05) is 36.0 Å². The molecule has 0 heterocycles. The molecule has 36 heavy (non-hydrogen) atoms.